The topological polar surface area (TPSA) is 75.4 Å². The molecule has 0 aromatic rings. The van der Waals surface area contributed by atoms with Crippen LogP contribution in [0.4, 0.5) is 0 Å². The molecule has 0 spiro atoms. The van der Waals surface area contributed by atoms with Crippen molar-refractivity contribution in [2.75, 3.05) is 6.54 Å². The standard InChI is InChI=1S/C13H25N3O2/c1-12(2,3)9(15-14)8-16-10(17)6-13(4,5)7-11(16)18/h9,15H,6-8,14H2,1-5H3/t9-/m1/s1. The third-order valence-electron chi connectivity index (χ3n) is 3.47. The maximum Gasteiger partial charge on any atom is 0.229 e. The number of nitrogens with zero attached hydrogens (tertiary/aromatic N) is 1. The van der Waals surface area contributed by atoms with Crippen molar-refractivity contribution in [2.45, 2.75) is 53.5 Å². The second kappa shape index (κ2) is 4.97. The van der Waals surface area contributed by atoms with Crippen LogP contribution in [0.3, 0.4) is 0 Å². The van der Waals surface area contributed by atoms with Gasteiger partial charge in [0, 0.05) is 25.4 Å². The van der Waals surface area contributed by atoms with Gasteiger partial charge >= 0.3 is 0 Å². The lowest BCUT2D eigenvalue weighted by molar-refractivity contribution is -0.153. The lowest BCUT2D eigenvalue weighted by Gasteiger charge is -2.39. The van der Waals surface area contributed by atoms with E-state index >= 15 is 0 Å². The van der Waals surface area contributed by atoms with E-state index in [1.807, 2.05) is 34.6 Å². The Morgan fingerprint density at radius 1 is 1.28 bits per heavy atom. The number of amides is 2. The molecule has 1 rings (SSSR count). The number of hydrogen-bond donors (Lipinski definition) is 2. The molecular formula is C13H25N3O2. The number of hydrogen-bond acceptors (Lipinski definition) is 4. The van der Waals surface area contributed by atoms with Gasteiger partial charge in [-0.05, 0) is 10.8 Å². The first-order valence-electron chi connectivity index (χ1n) is 6.36. The van der Waals surface area contributed by atoms with Crippen molar-refractivity contribution in [2.24, 2.45) is 16.7 Å². The van der Waals surface area contributed by atoms with Gasteiger partial charge in [-0.3, -0.25) is 25.8 Å². The quantitative estimate of drug-likeness (QED) is 0.449. The summed E-state index contributed by atoms with van der Waals surface area (Å²) in [7, 11) is 0. The molecule has 0 radical (unpaired) electrons. The first kappa shape index (κ1) is 15.1. The summed E-state index contributed by atoms with van der Waals surface area (Å²) in [6.07, 6.45) is 0.834. The molecular weight excluding hydrogens is 230 g/mol. The van der Waals surface area contributed by atoms with E-state index in [4.69, 9.17) is 5.84 Å². The molecule has 1 fully saturated rings. The van der Waals surface area contributed by atoms with E-state index in [1.54, 1.807) is 0 Å². The number of rotatable bonds is 3. The summed E-state index contributed by atoms with van der Waals surface area (Å²) in [4.78, 5) is 25.4. The van der Waals surface area contributed by atoms with E-state index in [0.717, 1.165) is 0 Å². The average Bonchev–Trinajstić information content (AvgIpc) is 2.12. The maximum absolute atomic E-state index is 12.0. The third kappa shape index (κ3) is 3.53. The van der Waals surface area contributed by atoms with Gasteiger partial charge in [0.2, 0.25) is 11.8 Å². The Bertz CT molecular complexity index is 325. The molecule has 18 heavy (non-hydrogen) atoms. The van der Waals surface area contributed by atoms with Crippen LogP contribution >= 0.6 is 0 Å². The number of hydrazine groups is 1. The Balaban J connectivity index is 2.79. The number of likely N-dealkylation sites (tertiary alicyclic amines) is 1. The predicted molar refractivity (Wildman–Crippen MR) is 70.3 cm³/mol. The number of carbonyl (C=O) groups excluding carboxylic acids is 2. The minimum Gasteiger partial charge on any atom is -0.281 e. The van der Waals surface area contributed by atoms with Gasteiger partial charge in [0.1, 0.15) is 0 Å². The molecule has 3 N–H and O–H groups in total. The number of nitrogens with two attached hydrogens (primary N) is 1. The highest BCUT2D eigenvalue weighted by Crippen LogP contribution is 2.32. The fourth-order valence-electron chi connectivity index (χ4n) is 2.17. The van der Waals surface area contributed by atoms with Crippen molar-refractivity contribution in [3.63, 3.8) is 0 Å². The first-order chi connectivity index (χ1) is 8.07. The normalized spacial score (nSPS) is 22.2. The summed E-state index contributed by atoms with van der Waals surface area (Å²) in [5.74, 6) is 5.33. The van der Waals surface area contributed by atoms with Crippen molar-refractivity contribution in [3.05, 3.63) is 0 Å². The zero-order valence-corrected chi connectivity index (χ0v) is 12.0. The number of imide groups is 1. The zero-order chi connectivity index (χ0) is 14.1. The van der Waals surface area contributed by atoms with Gasteiger partial charge in [-0.2, -0.15) is 0 Å². The molecule has 5 nitrogen and oxygen atoms in total. The van der Waals surface area contributed by atoms with Crippen molar-refractivity contribution < 1.29 is 9.59 Å². The summed E-state index contributed by atoms with van der Waals surface area (Å²) >= 11 is 0. The Hall–Kier alpha value is -0.940. The lowest BCUT2D eigenvalue weighted by Crippen LogP contribution is -2.56. The van der Waals surface area contributed by atoms with Crippen LogP contribution < -0.4 is 11.3 Å². The van der Waals surface area contributed by atoms with Gasteiger partial charge in [0.15, 0.2) is 0 Å². The minimum atomic E-state index is -0.224. The Kier molecular flexibility index (Phi) is 4.18. The molecule has 1 atom stereocenters. The predicted octanol–water partition coefficient (Wildman–Crippen LogP) is 1.04. The molecule has 0 aromatic carbocycles. The molecule has 0 unspecified atom stereocenters. The second-order valence-electron chi connectivity index (χ2n) is 7.00. The largest absolute Gasteiger partial charge is 0.281 e. The molecule has 0 aliphatic carbocycles. The van der Waals surface area contributed by atoms with Crippen molar-refractivity contribution in [1.29, 1.82) is 0 Å². The maximum atomic E-state index is 12.0. The Morgan fingerprint density at radius 3 is 2.06 bits per heavy atom. The zero-order valence-electron chi connectivity index (χ0n) is 12.0. The van der Waals surface area contributed by atoms with Crippen LogP contribution in [-0.2, 0) is 9.59 Å². The van der Waals surface area contributed by atoms with E-state index in [2.05, 4.69) is 5.43 Å². The fourth-order valence-corrected chi connectivity index (χ4v) is 2.17. The number of nitrogens with one attached hydrogen (secondary N) is 1. The van der Waals surface area contributed by atoms with E-state index in [0.29, 0.717) is 19.4 Å². The molecule has 0 saturated carbocycles. The first-order valence-corrected chi connectivity index (χ1v) is 6.36. The van der Waals surface area contributed by atoms with E-state index in [-0.39, 0.29) is 28.7 Å². The monoisotopic (exact) mass is 255 g/mol. The van der Waals surface area contributed by atoms with Crippen molar-refractivity contribution >= 4 is 11.8 Å². The van der Waals surface area contributed by atoms with Crippen molar-refractivity contribution in [1.82, 2.24) is 10.3 Å². The lowest BCUT2D eigenvalue weighted by atomic mass is 9.80. The smallest absolute Gasteiger partial charge is 0.229 e. The molecule has 1 saturated heterocycles. The van der Waals surface area contributed by atoms with Crippen LogP contribution in [0.15, 0.2) is 0 Å². The minimum absolute atomic E-state index is 0.0965. The summed E-state index contributed by atoms with van der Waals surface area (Å²) in [5, 5.41) is 0. The van der Waals surface area contributed by atoms with E-state index in [1.165, 1.54) is 4.90 Å². The highest BCUT2D eigenvalue weighted by atomic mass is 16.2. The highest BCUT2D eigenvalue weighted by Gasteiger charge is 2.39. The van der Waals surface area contributed by atoms with E-state index < -0.39 is 0 Å². The molecule has 0 bridgehead atoms. The molecule has 1 aliphatic heterocycles. The van der Waals surface area contributed by atoms with Crippen LogP contribution in [0.5, 0.6) is 0 Å². The van der Waals surface area contributed by atoms with E-state index in [9.17, 15) is 9.59 Å². The van der Waals surface area contributed by atoms with Crippen LogP contribution in [-0.4, -0.2) is 29.3 Å². The van der Waals surface area contributed by atoms with Crippen LogP contribution in [0, 0.1) is 10.8 Å². The van der Waals surface area contributed by atoms with Gasteiger partial charge in [0.25, 0.3) is 0 Å². The van der Waals surface area contributed by atoms with Gasteiger partial charge in [-0.1, -0.05) is 34.6 Å². The van der Waals surface area contributed by atoms with Crippen LogP contribution in [0.2, 0.25) is 0 Å². The average molecular weight is 255 g/mol. The molecule has 0 aromatic heterocycles. The molecule has 5 heteroatoms. The summed E-state index contributed by atoms with van der Waals surface area (Å²) in [6.45, 7) is 10.3. The third-order valence-corrected chi connectivity index (χ3v) is 3.47. The Labute approximate surface area is 109 Å². The number of piperidine rings is 1. The summed E-state index contributed by atoms with van der Waals surface area (Å²) in [6, 6.07) is -0.105. The van der Waals surface area contributed by atoms with Gasteiger partial charge in [-0.25, -0.2) is 0 Å². The molecule has 1 aliphatic rings. The highest BCUT2D eigenvalue weighted by molar-refractivity contribution is 5.98. The fraction of sp³-hybridized carbons (Fsp3) is 0.846. The van der Waals surface area contributed by atoms with Gasteiger partial charge < -0.3 is 0 Å². The Morgan fingerprint density at radius 2 is 1.72 bits per heavy atom. The van der Waals surface area contributed by atoms with Crippen LogP contribution in [0.25, 0.3) is 0 Å². The SMILES string of the molecule is CC1(C)CC(=O)N(C[C@@H](NN)C(C)(C)C)C(=O)C1. The van der Waals surface area contributed by atoms with Crippen LogP contribution in [0.1, 0.15) is 47.5 Å². The van der Waals surface area contributed by atoms with Gasteiger partial charge in [-0.15, -0.1) is 0 Å². The second-order valence-corrected chi connectivity index (χ2v) is 7.00. The summed E-state index contributed by atoms with van der Waals surface area (Å²) in [5.41, 5.74) is 2.37. The van der Waals surface area contributed by atoms with Gasteiger partial charge in [0.05, 0.1) is 0 Å². The molecule has 2 amide bonds. The van der Waals surface area contributed by atoms with Crippen molar-refractivity contribution in [3.8, 4) is 0 Å². The molecule has 1 heterocycles. The molecule has 104 valence electrons. The number of carbonyl (C=O) groups is 2. The summed E-state index contributed by atoms with van der Waals surface area (Å²) < 4.78 is 0.